The number of ether oxygens (including phenoxy) is 4. The van der Waals surface area contributed by atoms with Gasteiger partial charge in [-0.15, -0.1) is 0 Å². The zero-order chi connectivity index (χ0) is 29.9. The molecule has 41 heavy (non-hydrogen) atoms. The summed E-state index contributed by atoms with van der Waals surface area (Å²) in [5, 5.41) is -5.05. The molecule has 2 aliphatic carbocycles. The van der Waals surface area contributed by atoms with E-state index in [2.05, 4.69) is 4.74 Å². The molecule has 0 aromatic rings. The third-order valence-electron chi connectivity index (χ3n) is 8.50. The molecule has 0 spiro atoms. The monoisotopic (exact) mass is 610 g/mol. The van der Waals surface area contributed by atoms with Crippen LogP contribution in [0, 0.1) is 23.7 Å². The smallest absolute Gasteiger partial charge is 0.463 e. The van der Waals surface area contributed by atoms with Crippen molar-refractivity contribution in [3.05, 3.63) is 0 Å². The van der Waals surface area contributed by atoms with Gasteiger partial charge in [-0.1, -0.05) is 64.2 Å². The average molecular weight is 611 g/mol. The lowest BCUT2D eigenvalue weighted by Gasteiger charge is -2.29. The van der Waals surface area contributed by atoms with Crippen molar-refractivity contribution >= 4 is 28.3 Å². The fraction of sp³-hybridized carbons (Fsp3) is 0.893. The van der Waals surface area contributed by atoms with E-state index < -0.39 is 46.3 Å². The number of carbonyl (C=O) groups is 3. The number of alkyl halides is 2. The van der Waals surface area contributed by atoms with Crippen molar-refractivity contribution < 1.29 is 55.1 Å². The zero-order valence-electron chi connectivity index (χ0n) is 23.6. The summed E-state index contributed by atoms with van der Waals surface area (Å²) >= 11 is 0. The van der Waals surface area contributed by atoms with Crippen molar-refractivity contribution in [2.45, 2.75) is 114 Å². The summed E-state index contributed by atoms with van der Waals surface area (Å²) < 4.78 is 78.9. The zero-order valence-corrected chi connectivity index (χ0v) is 24.4. The molecule has 3 rings (SSSR count). The van der Waals surface area contributed by atoms with Crippen LogP contribution in [0.4, 0.5) is 8.78 Å². The molecule has 236 valence electrons. The predicted molar refractivity (Wildman–Crippen MR) is 142 cm³/mol. The van der Waals surface area contributed by atoms with Crippen molar-refractivity contribution in [3.8, 4) is 0 Å². The van der Waals surface area contributed by atoms with E-state index in [1.807, 2.05) is 0 Å². The molecule has 3 fully saturated rings. The number of carbonyl (C=O) groups excluding carboxylic acids is 3. The number of aldehydes is 1. The second-order valence-electron chi connectivity index (χ2n) is 11.7. The highest BCUT2D eigenvalue weighted by Gasteiger charge is 2.54. The van der Waals surface area contributed by atoms with Crippen LogP contribution in [0.15, 0.2) is 0 Å². The van der Waals surface area contributed by atoms with Gasteiger partial charge in [0.15, 0.2) is 6.29 Å². The van der Waals surface area contributed by atoms with Gasteiger partial charge in [-0.25, -0.2) is 4.79 Å². The summed E-state index contributed by atoms with van der Waals surface area (Å²) in [5.74, 6) is -2.36. The molecule has 1 saturated heterocycles. The first-order chi connectivity index (χ1) is 19.5. The molecule has 1 N–H and O–H groups in total. The van der Waals surface area contributed by atoms with E-state index in [9.17, 15) is 31.6 Å². The van der Waals surface area contributed by atoms with Gasteiger partial charge < -0.3 is 23.7 Å². The number of rotatable bonds is 16. The molecule has 0 aromatic carbocycles. The van der Waals surface area contributed by atoms with Crippen LogP contribution < -0.4 is 0 Å². The molecule has 0 radical (unpaired) electrons. The van der Waals surface area contributed by atoms with Crippen molar-refractivity contribution in [2.75, 3.05) is 19.8 Å². The highest BCUT2D eigenvalue weighted by Crippen LogP contribution is 2.35. The normalized spacial score (nSPS) is 24.5. The van der Waals surface area contributed by atoms with Gasteiger partial charge in [0.2, 0.25) is 0 Å². The van der Waals surface area contributed by atoms with Gasteiger partial charge in [0.1, 0.15) is 19.0 Å². The second-order valence-corrected chi connectivity index (χ2v) is 13.2. The minimum Gasteiger partial charge on any atom is -0.463 e. The third kappa shape index (κ3) is 10.8. The second kappa shape index (κ2) is 16.2. The SMILES string of the molecule is O=CC(CCC(=O)OCC1COC(C(CCOC(=O)C(F)(F)S(=O)(=O)O)CC2CCCCC2)O1)CC1CCCCC1. The first-order valence-corrected chi connectivity index (χ1v) is 16.3. The van der Waals surface area contributed by atoms with Crippen LogP contribution in [0.5, 0.6) is 0 Å². The van der Waals surface area contributed by atoms with Crippen LogP contribution in [-0.2, 0) is 43.4 Å². The molecule has 1 aliphatic heterocycles. The Morgan fingerprint density at radius 2 is 1.56 bits per heavy atom. The fourth-order valence-corrected chi connectivity index (χ4v) is 6.44. The molecule has 3 aliphatic rings. The summed E-state index contributed by atoms with van der Waals surface area (Å²) in [4.78, 5) is 35.4. The molecule has 1 heterocycles. The van der Waals surface area contributed by atoms with Crippen molar-refractivity contribution in [3.63, 3.8) is 0 Å². The minimum absolute atomic E-state index is 0.0323. The van der Waals surface area contributed by atoms with Crippen LogP contribution in [0.2, 0.25) is 0 Å². The van der Waals surface area contributed by atoms with E-state index in [0.29, 0.717) is 24.7 Å². The number of hydrogen-bond acceptors (Lipinski definition) is 9. The Labute approximate surface area is 240 Å². The maximum Gasteiger partial charge on any atom is 0.465 e. The largest absolute Gasteiger partial charge is 0.465 e. The minimum atomic E-state index is -5.94. The lowest BCUT2D eigenvalue weighted by Crippen LogP contribution is -2.39. The van der Waals surface area contributed by atoms with Crippen LogP contribution in [0.1, 0.15) is 96.3 Å². The first-order valence-electron chi connectivity index (χ1n) is 14.9. The molecule has 10 nitrogen and oxygen atoms in total. The summed E-state index contributed by atoms with van der Waals surface area (Å²) in [6.45, 7) is -0.392. The summed E-state index contributed by atoms with van der Waals surface area (Å²) in [6, 6.07) is 0. The molecule has 4 atom stereocenters. The first kappa shape index (κ1) is 33.8. The van der Waals surface area contributed by atoms with Crippen molar-refractivity contribution in [1.82, 2.24) is 0 Å². The molecule has 0 bridgehead atoms. The fourth-order valence-electron chi connectivity index (χ4n) is 6.17. The Bertz CT molecular complexity index is 948. The molecule has 0 amide bonds. The molecular formula is C28H44F2O10S. The summed E-state index contributed by atoms with van der Waals surface area (Å²) in [7, 11) is -5.94. The molecule has 2 saturated carbocycles. The van der Waals surface area contributed by atoms with Crippen LogP contribution in [0.25, 0.3) is 0 Å². The maximum atomic E-state index is 13.5. The third-order valence-corrected chi connectivity index (χ3v) is 9.32. The van der Waals surface area contributed by atoms with Gasteiger partial charge >= 0.3 is 27.3 Å². The number of hydrogen-bond donors (Lipinski definition) is 1. The molecule has 0 aromatic heterocycles. The van der Waals surface area contributed by atoms with Gasteiger partial charge in [-0.2, -0.15) is 17.2 Å². The van der Waals surface area contributed by atoms with Gasteiger partial charge in [0, 0.05) is 18.3 Å². The van der Waals surface area contributed by atoms with Gasteiger partial charge in [-0.3, -0.25) is 9.35 Å². The summed E-state index contributed by atoms with van der Waals surface area (Å²) in [6.07, 6.45) is 12.9. The van der Waals surface area contributed by atoms with Gasteiger partial charge in [0.05, 0.1) is 13.2 Å². The van der Waals surface area contributed by atoms with Crippen LogP contribution in [0.3, 0.4) is 0 Å². The Morgan fingerprint density at radius 1 is 0.951 bits per heavy atom. The Kier molecular flexibility index (Phi) is 13.4. The maximum absolute atomic E-state index is 13.5. The topological polar surface area (TPSA) is 142 Å². The molecule has 13 heteroatoms. The lowest BCUT2D eigenvalue weighted by molar-refractivity contribution is -0.163. The van der Waals surface area contributed by atoms with E-state index in [1.165, 1.54) is 19.3 Å². The van der Waals surface area contributed by atoms with E-state index in [1.54, 1.807) is 0 Å². The molecule has 4 unspecified atom stereocenters. The quantitative estimate of drug-likeness (QED) is 0.147. The summed E-state index contributed by atoms with van der Waals surface area (Å²) in [5.41, 5.74) is 0. The van der Waals surface area contributed by atoms with E-state index in [-0.39, 0.29) is 37.9 Å². The highest BCUT2D eigenvalue weighted by molar-refractivity contribution is 7.87. The van der Waals surface area contributed by atoms with Gasteiger partial charge in [0.25, 0.3) is 0 Å². The average Bonchev–Trinajstić information content (AvgIpc) is 3.43. The highest BCUT2D eigenvalue weighted by atomic mass is 32.2. The number of esters is 2. The van der Waals surface area contributed by atoms with Crippen molar-refractivity contribution in [2.24, 2.45) is 23.7 Å². The van der Waals surface area contributed by atoms with E-state index in [4.69, 9.17) is 18.8 Å². The standard InChI is InChI=1S/C28H44F2O10S/c29-28(30,41(34,35)36)27(33)37-14-13-23(16-21-9-5-2-6-10-21)26-39-19-24(40-26)18-38-25(32)12-11-22(17-31)15-20-7-3-1-4-8-20/h17,20-24,26H,1-16,18-19H2,(H,34,35,36). The number of halogens is 2. The van der Waals surface area contributed by atoms with Crippen LogP contribution >= 0.6 is 0 Å². The van der Waals surface area contributed by atoms with E-state index >= 15 is 0 Å². The predicted octanol–water partition coefficient (Wildman–Crippen LogP) is 4.84. The Balaban J connectivity index is 1.44. The van der Waals surface area contributed by atoms with Crippen LogP contribution in [-0.4, -0.2) is 68.7 Å². The molecular weight excluding hydrogens is 566 g/mol. The lowest BCUT2D eigenvalue weighted by atomic mass is 9.81. The van der Waals surface area contributed by atoms with Crippen molar-refractivity contribution in [1.29, 1.82) is 0 Å². The Hall–Kier alpha value is -1.70. The van der Waals surface area contributed by atoms with Gasteiger partial charge in [-0.05, 0) is 37.5 Å². The van der Waals surface area contributed by atoms with E-state index in [0.717, 1.165) is 57.7 Å². The Morgan fingerprint density at radius 3 is 2.15 bits per heavy atom.